The highest BCUT2D eigenvalue weighted by Crippen LogP contribution is 2.32. The van der Waals surface area contributed by atoms with Crippen LogP contribution in [0.15, 0.2) is 53.6 Å². The Morgan fingerprint density at radius 3 is 2.59 bits per heavy atom. The van der Waals surface area contributed by atoms with Gasteiger partial charge in [-0.1, -0.05) is 30.3 Å². The number of aromatic nitrogens is 1. The van der Waals surface area contributed by atoms with E-state index in [1.807, 2.05) is 54.1 Å². The molecule has 108 valence electrons. The molecule has 0 saturated carbocycles. The lowest BCUT2D eigenvalue weighted by atomic mass is 10.1. The predicted molar refractivity (Wildman–Crippen MR) is 88.5 cm³/mol. The maximum atomic E-state index is 12.9. The third-order valence-electron chi connectivity index (χ3n) is 3.62. The van der Waals surface area contributed by atoms with Crippen LogP contribution in [0, 0.1) is 18.3 Å². The molecule has 0 aliphatic rings. The lowest BCUT2D eigenvalue weighted by molar-refractivity contribution is 0.103. The van der Waals surface area contributed by atoms with E-state index >= 15 is 0 Å². The number of benzene rings is 1. The number of carbonyl (C=O) groups is 1. The first kappa shape index (κ1) is 14.4. The number of hydrogen-bond donors (Lipinski definition) is 0. The van der Waals surface area contributed by atoms with Crippen molar-refractivity contribution < 1.29 is 4.79 Å². The Morgan fingerprint density at radius 1 is 1.23 bits per heavy atom. The molecule has 1 aromatic carbocycles. The molecule has 0 aliphatic heterocycles. The first-order valence-corrected chi connectivity index (χ1v) is 8.08. The molecule has 4 heteroatoms. The van der Waals surface area contributed by atoms with Gasteiger partial charge in [0.05, 0.1) is 16.0 Å². The second-order valence-electron chi connectivity index (χ2n) is 5.02. The first-order chi connectivity index (χ1) is 10.7. The van der Waals surface area contributed by atoms with E-state index in [1.165, 1.54) is 11.8 Å². The molecule has 0 saturated heterocycles. The Hall–Kier alpha value is -2.51. The average molecular weight is 306 g/mol. The van der Waals surface area contributed by atoms with Gasteiger partial charge in [-0.2, -0.15) is 5.26 Å². The molecule has 0 radical (unpaired) electrons. The number of nitriles is 1. The minimum atomic E-state index is -0.0645. The Labute approximate surface area is 133 Å². The van der Waals surface area contributed by atoms with Crippen LogP contribution in [0.3, 0.4) is 0 Å². The molecule has 0 spiro atoms. The van der Waals surface area contributed by atoms with Crippen LogP contribution in [0.25, 0.3) is 5.52 Å². The number of carbonyl (C=O) groups excluding carboxylic acids is 1. The number of pyridine rings is 1. The highest BCUT2D eigenvalue weighted by atomic mass is 32.2. The van der Waals surface area contributed by atoms with Gasteiger partial charge in [0.2, 0.25) is 5.78 Å². The number of aryl methyl sites for hydroxylation is 1. The average Bonchev–Trinajstić information content (AvgIpc) is 2.87. The second kappa shape index (κ2) is 5.70. The molecule has 0 bridgehead atoms. The van der Waals surface area contributed by atoms with Gasteiger partial charge < -0.3 is 4.40 Å². The molecule has 3 rings (SSSR count). The van der Waals surface area contributed by atoms with E-state index in [9.17, 15) is 10.1 Å². The van der Waals surface area contributed by atoms with Crippen LogP contribution in [0.2, 0.25) is 0 Å². The van der Waals surface area contributed by atoms with E-state index < -0.39 is 0 Å². The number of hydrogen-bond acceptors (Lipinski definition) is 3. The Morgan fingerprint density at radius 2 is 1.95 bits per heavy atom. The smallest absolute Gasteiger partial charge is 0.210 e. The Balaban J connectivity index is 2.34. The van der Waals surface area contributed by atoms with Gasteiger partial charge in [0, 0.05) is 11.8 Å². The fourth-order valence-corrected chi connectivity index (χ4v) is 3.32. The summed E-state index contributed by atoms with van der Waals surface area (Å²) in [5.41, 5.74) is 3.60. The minimum Gasteiger partial charge on any atom is -0.311 e. The van der Waals surface area contributed by atoms with Crippen LogP contribution >= 0.6 is 11.8 Å². The first-order valence-electron chi connectivity index (χ1n) is 6.86. The monoisotopic (exact) mass is 306 g/mol. The maximum absolute atomic E-state index is 12.9. The van der Waals surface area contributed by atoms with Crippen molar-refractivity contribution in [2.24, 2.45) is 0 Å². The largest absolute Gasteiger partial charge is 0.311 e. The number of rotatable bonds is 3. The molecule has 0 atom stereocenters. The normalized spacial score (nSPS) is 10.6. The molecule has 0 fully saturated rings. The van der Waals surface area contributed by atoms with E-state index in [4.69, 9.17) is 0 Å². The molecular formula is C18H14N2OS. The van der Waals surface area contributed by atoms with Gasteiger partial charge in [0.25, 0.3) is 0 Å². The number of ketones is 1. The standard InChI is InChI=1S/C18H14N2OS/c1-12-8-9-20-15(10-12)14(11-19)18(22-2)16(20)17(21)13-6-4-3-5-7-13/h3-10H,1-2H3. The number of thioether (sulfide) groups is 1. The molecule has 2 heterocycles. The number of nitrogens with zero attached hydrogens (tertiary/aromatic N) is 2. The van der Waals surface area contributed by atoms with Gasteiger partial charge >= 0.3 is 0 Å². The zero-order valence-electron chi connectivity index (χ0n) is 12.3. The topological polar surface area (TPSA) is 45.3 Å². The number of fused-ring (bicyclic) bond motifs is 1. The summed E-state index contributed by atoms with van der Waals surface area (Å²) in [6.07, 6.45) is 3.76. The van der Waals surface area contributed by atoms with E-state index in [0.29, 0.717) is 16.8 Å². The van der Waals surface area contributed by atoms with Gasteiger partial charge in [-0.15, -0.1) is 11.8 Å². The maximum Gasteiger partial charge on any atom is 0.210 e. The van der Waals surface area contributed by atoms with E-state index in [1.54, 1.807) is 12.1 Å². The van der Waals surface area contributed by atoms with E-state index in [-0.39, 0.29) is 5.78 Å². The zero-order valence-corrected chi connectivity index (χ0v) is 13.1. The van der Waals surface area contributed by atoms with Crippen molar-refractivity contribution in [3.05, 3.63) is 71.0 Å². The highest BCUT2D eigenvalue weighted by Gasteiger charge is 2.23. The second-order valence-corrected chi connectivity index (χ2v) is 5.84. The molecule has 2 aromatic heterocycles. The summed E-state index contributed by atoms with van der Waals surface area (Å²) in [6.45, 7) is 1.98. The summed E-state index contributed by atoms with van der Waals surface area (Å²) >= 11 is 1.44. The Kier molecular flexibility index (Phi) is 3.74. The third-order valence-corrected chi connectivity index (χ3v) is 4.42. The summed E-state index contributed by atoms with van der Waals surface area (Å²) < 4.78 is 1.83. The summed E-state index contributed by atoms with van der Waals surface area (Å²) in [6, 6.07) is 15.3. The molecule has 22 heavy (non-hydrogen) atoms. The molecule has 0 amide bonds. The van der Waals surface area contributed by atoms with Crippen molar-refractivity contribution in [2.75, 3.05) is 6.26 Å². The van der Waals surface area contributed by atoms with Crippen molar-refractivity contribution in [1.82, 2.24) is 4.40 Å². The van der Waals surface area contributed by atoms with E-state index in [0.717, 1.165) is 16.0 Å². The van der Waals surface area contributed by atoms with Gasteiger partial charge in [0.1, 0.15) is 11.8 Å². The van der Waals surface area contributed by atoms with Crippen LogP contribution in [0.5, 0.6) is 0 Å². The van der Waals surface area contributed by atoms with Crippen LogP contribution in [0.4, 0.5) is 0 Å². The molecule has 0 unspecified atom stereocenters. The van der Waals surface area contributed by atoms with Gasteiger partial charge in [-0.05, 0) is 30.9 Å². The SMILES string of the molecule is CSc1c(C#N)c2cc(C)ccn2c1C(=O)c1ccccc1. The molecule has 0 aliphatic carbocycles. The van der Waals surface area contributed by atoms with Crippen LogP contribution in [0.1, 0.15) is 27.2 Å². The summed E-state index contributed by atoms with van der Waals surface area (Å²) in [5, 5.41) is 9.52. The van der Waals surface area contributed by atoms with Gasteiger partial charge in [0.15, 0.2) is 0 Å². The summed E-state index contributed by atoms with van der Waals surface area (Å²) in [4.78, 5) is 13.6. The third kappa shape index (κ3) is 2.20. The Bertz CT molecular complexity index is 904. The fourth-order valence-electron chi connectivity index (χ4n) is 2.58. The van der Waals surface area contributed by atoms with Crippen molar-refractivity contribution in [3.8, 4) is 6.07 Å². The minimum absolute atomic E-state index is 0.0645. The van der Waals surface area contributed by atoms with Crippen LogP contribution in [-0.4, -0.2) is 16.4 Å². The molecular weight excluding hydrogens is 292 g/mol. The lowest BCUT2D eigenvalue weighted by Crippen LogP contribution is -2.06. The van der Waals surface area contributed by atoms with Crippen molar-refractivity contribution >= 4 is 23.1 Å². The molecule has 0 N–H and O–H groups in total. The quantitative estimate of drug-likeness (QED) is 0.541. The van der Waals surface area contributed by atoms with Crippen LogP contribution in [-0.2, 0) is 0 Å². The van der Waals surface area contributed by atoms with Crippen molar-refractivity contribution in [3.63, 3.8) is 0 Å². The van der Waals surface area contributed by atoms with Crippen LogP contribution < -0.4 is 0 Å². The highest BCUT2D eigenvalue weighted by molar-refractivity contribution is 7.98. The van der Waals surface area contributed by atoms with Gasteiger partial charge in [-0.3, -0.25) is 4.79 Å². The van der Waals surface area contributed by atoms with Gasteiger partial charge in [-0.25, -0.2) is 0 Å². The van der Waals surface area contributed by atoms with Crippen molar-refractivity contribution in [1.29, 1.82) is 5.26 Å². The lowest BCUT2D eigenvalue weighted by Gasteiger charge is -2.05. The summed E-state index contributed by atoms with van der Waals surface area (Å²) in [7, 11) is 0. The molecule has 3 aromatic rings. The molecule has 3 nitrogen and oxygen atoms in total. The fraction of sp³-hybridized carbons (Fsp3) is 0.111. The van der Waals surface area contributed by atoms with E-state index in [2.05, 4.69) is 6.07 Å². The zero-order chi connectivity index (χ0) is 15.7. The predicted octanol–water partition coefficient (Wildman–Crippen LogP) is 4.07. The summed E-state index contributed by atoms with van der Waals surface area (Å²) in [5.74, 6) is -0.0645. The van der Waals surface area contributed by atoms with Crippen molar-refractivity contribution in [2.45, 2.75) is 11.8 Å².